The van der Waals surface area contributed by atoms with Gasteiger partial charge in [0, 0.05) is 25.2 Å². The lowest BCUT2D eigenvalue weighted by Crippen LogP contribution is -2.40. The van der Waals surface area contributed by atoms with Crippen LogP contribution in [0.5, 0.6) is 0 Å². The highest BCUT2D eigenvalue weighted by Gasteiger charge is 2.24. The van der Waals surface area contributed by atoms with Crippen molar-refractivity contribution in [2.24, 2.45) is 10.9 Å². The molecule has 0 amide bonds. The van der Waals surface area contributed by atoms with Crippen molar-refractivity contribution in [1.82, 2.24) is 25.4 Å². The molecule has 1 aliphatic rings. The van der Waals surface area contributed by atoms with Gasteiger partial charge in [0.1, 0.15) is 6.33 Å². The molecule has 0 bridgehead atoms. The van der Waals surface area contributed by atoms with Gasteiger partial charge in [0.15, 0.2) is 11.8 Å². The second kappa shape index (κ2) is 11.1. The Bertz CT molecular complexity index is 926. The summed E-state index contributed by atoms with van der Waals surface area (Å²) in [6.07, 6.45) is 3.87. The third-order valence-electron chi connectivity index (χ3n) is 5.31. The van der Waals surface area contributed by atoms with Crippen molar-refractivity contribution in [1.29, 1.82) is 0 Å². The van der Waals surface area contributed by atoms with Crippen LogP contribution in [-0.4, -0.2) is 45.7 Å². The second-order valence-corrected chi connectivity index (χ2v) is 7.50. The predicted octanol–water partition coefficient (Wildman–Crippen LogP) is 4.12. The molecule has 1 fully saturated rings. The SMILES string of the molecule is CCNC(=NCc1cccc(-c2ncn[nH]2)c1)N1CCC(Cc2ccccc2)C1.I. The Hall–Kier alpha value is -2.42. The Morgan fingerprint density at radius 3 is 2.77 bits per heavy atom. The van der Waals surface area contributed by atoms with Gasteiger partial charge in [0.2, 0.25) is 0 Å². The van der Waals surface area contributed by atoms with Crippen molar-refractivity contribution >= 4 is 29.9 Å². The van der Waals surface area contributed by atoms with Gasteiger partial charge in [-0.3, -0.25) is 5.10 Å². The van der Waals surface area contributed by atoms with Crippen LogP contribution in [0.4, 0.5) is 0 Å². The largest absolute Gasteiger partial charge is 0.357 e. The molecule has 4 rings (SSSR count). The van der Waals surface area contributed by atoms with Crippen LogP contribution in [0.2, 0.25) is 0 Å². The number of likely N-dealkylation sites (tertiary alicyclic amines) is 1. The molecule has 0 radical (unpaired) electrons. The molecule has 2 N–H and O–H groups in total. The fraction of sp³-hybridized carbons (Fsp3) is 0.348. The maximum atomic E-state index is 4.91. The van der Waals surface area contributed by atoms with Crippen molar-refractivity contribution in [3.63, 3.8) is 0 Å². The van der Waals surface area contributed by atoms with E-state index >= 15 is 0 Å². The number of guanidine groups is 1. The number of rotatable bonds is 6. The Balaban J connectivity index is 0.00000256. The van der Waals surface area contributed by atoms with Crippen molar-refractivity contribution < 1.29 is 0 Å². The van der Waals surface area contributed by atoms with Crippen LogP contribution in [0.1, 0.15) is 24.5 Å². The first-order valence-electron chi connectivity index (χ1n) is 10.3. The lowest BCUT2D eigenvalue weighted by molar-refractivity contribution is 0.460. The Morgan fingerprint density at radius 2 is 2.00 bits per heavy atom. The van der Waals surface area contributed by atoms with E-state index in [0.29, 0.717) is 12.5 Å². The summed E-state index contributed by atoms with van der Waals surface area (Å²) in [7, 11) is 0. The molecular weight excluding hydrogens is 487 g/mol. The molecule has 1 atom stereocenters. The average Bonchev–Trinajstić information content (AvgIpc) is 3.45. The van der Waals surface area contributed by atoms with Gasteiger partial charge in [-0.05, 0) is 42.9 Å². The highest BCUT2D eigenvalue weighted by molar-refractivity contribution is 14.0. The predicted molar refractivity (Wildman–Crippen MR) is 132 cm³/mol. The molecular formula is C23H29IN6. The molecule has 1 saturated heterocycles. The number of nitrogens with zero attached hydrogens (tertiary/aromatic N) is 4. The molecule has 2 aromatic carbocycles. The minimum atomic E-state index is 0. The zero-order valence-corrected chi connectivity index (χ0v) is 19.6. The monoisotopic (exact) mass is 516 g/mol. The van der Waals surface area contributed by atoms with E-state index in [9.17, 15) is 0 Å². The van der Waals surface area contributed by atoms with Gasteiger partial charge in [0.05, 0.1) is 6.54 Å². The van der Waals surface area contributed by atoms with E-state index in [1.165, 1.54) is 18.3 Å². The zero-order valence-electron chi connectivity index (χ0n) is 17.3. The van der Waals surface area contributed by atoms with E-state index < -0.39 is 0 Å². The molecule has 1 aliphatic heterocycles. The number of benzene rings is 2. The molecule has 0 spiro atoms. The summed E-state index contributed by atoms with van der Waals surface area (Å²) in [6.45, 7) is 5.75. The fourth-order valence-electron chi connectivity index (χ4n) is 3.89. The van der Waals surface area contributed by atoms with Crippen molar-refractivity contribution in [3.8, 4) is 11.4 Å². The lowest BCUT2D eigenvalue weighted by Gasteiger charge is -2.22. The van der Waals surface area contributed by atoms with Crippen LogP contribution >= 0.6 is 24.0 Å². The van der Waals surface area contributed by atoms with Crippen LogP contribution in [0.25, 0.3) is 11.4 Å². The van der Waals surface area contributed by atoms with Crippen LogP contribution in [0.3, 0.4) is 0 Å². The normalized spacial score (nSPS) is 16.4. The summed E-state index contributed by atoms with van der Waals surface area (Å²) in [5, 5.41) is 10.3. The lowest BCUT2D eigenvalue weighted by atomic mass is 9.99. The van der Waals surface area contributed by atoms with Crippen LogP contribution < -0.4 is 5.32 Å². The van der Waals surface area contributed by atoms with E-state index in [-0.39, 0.29) is 24.0 Å². The van der Waals surface area contributed by atoms with Crippen LogP contribution in [-0.2, 0) is 13.0 Å². The Kier molecular flexibility index (Phi) is 8.24. The number of aromatic amines is 1. The van der Waals surface area contributed by atoms with Crippen LogP contribution in [0, 0.1) is 5.92 Å². The number of hydrogen-bond acceptors (Lipinski definition) is 3. The molecule has 6 nitrogen and oxygen atoms in total. The number of aromatic nitrogens is 3. The van der Waals surface area contributed by atoms with E-state index in [0.717, 1.165) is 49.0 Å². The first kappa shape index (κ1) is 22.3. The summed E-state index contributed by atoms with van der Waals surface area (Å²) < 4.78 is 0. The molecule has 7 heteroatoms. The number of halogens is 1. The third-order valence-corrected chi connectivity index (χ3v) is 5.31. The van der Waals surface area contributed by atoms with Gasteiger partial charge in [-0.25, -0.2) is 9.98 Å². The van der Waals surface area contributed by atoms with Gasteiger partial charge in [-0.1, -0.05) is 48.5 Å². The minimum Gasteiger partial charge on any atom is -0.357 e. The number of nitrogens with one attached hydrogen (secondary N) is 2. The molecule has 158 valence electrons. The second-order valence-electron chi connectivity index (χ2n) is 7.50. The first-order valence-corrected chi connectivity index (χ1v) is 10.3. The topological polar surface area (TPSA) is 69.2 Å². The third kappa shape index (κ3) is 5.81. The van der Waals surface area contributed by atoms with Gasteiger partial charge in [-0.15, -0.1) is 24.0 Å². The van der Waals surface area contributed by atoms with Gasteiger partial charge in [-0.2, -0.15) is 5.10 Å². The summed E-state index contributed by atoms with van der Waals surface area (Å²) >= 11 is 0. The quantitative estimate of drug-likeness (QED) is 0.294. The average molecular weight is 516 g/mol. The summed E-state index contributed by atoms with van der Waals surface area (Å²) in [5.41, 5.74) is 3.61. The molecule has 1 aromatic heterocycles. The highest BCUT2D eigenvalue weighted by atomic mass is 127. The van der Waals surface area contributed by atoms with E-state index in [4.69, 9.17) is 4.99 Å². The number of H-pyrrole nitrogens is 1. The van der Waals surface area contributed by atoms with Crippen LogP contribution in [0.15, 0.2) is 65.9 Å². The fourth-order valence-corrected chi connectivity index (χ4v) is 3.89. The summed E-state index contributed by atoms with van der Waals surface area (Å²) in [5.74, 6) is 2.47. The van der Waals surface area contributed by atoms with E-state index in [1.807, 2.05) is 12.1 Å². The molecule has 1 unspecified atom stereocenters. The summed E-state index contributed by atoms with van der Waals surface area (Å²) in [6, 6.07) is 19.1. The van der Waals surface area contributed by atoms with Crippen molar-refractivity contribution in [2.45, 2.75) is 26.3 Å². The highest BCUT2D eigenvalue weighted by Crippen LogP contribution is 2.21. The van der Waals surface area contributed by atoms with Gasteiger partial charge in [0.25, 0.3) is 0 Å². The maximum Gasteiger partial charge on any atom is 0.194 e. The van der Waals surface area contributed by atoms with Gasteiger partial charge >= 0.3 is 0 Å². The Morgan fingerprint density at radius 1 is 1.17 bits per heavy atom. The zero-order chi connectivity index (χ0) is 19.9. The minimum absolute atomic E-state index is 0. The number of aliphatic imine (C=N–C) groups is 1. The summed E-state index contributed by atoms with van der Waals surface area (Å²) in [4.78, 5) is 11.5. The van der Waals surface area contributed by atoms with Crippen molar-refractivity contribution in [2.75, 3.05) is 19.6 Å². The maximum absolute atomic E-state index is 4.91. The molecule has 0 aliphatic carbocycles. The first-order chi connectivity index (χ1) is 14.3. The van der Waals surface area contributed by atoms with E-state index in [1.54, 1.807) is 0 Å². The van der Waals surface area contributed by atoms with Gasteiger partial charge < -0.3 is 10.2 Å². The molecule has 3 aromatic rings. The molecule has 0 saturated carbocycles. The molecule has 2 heterocycles. The van der Waals surface area contributed by atoms with E-state index in [2.05, 4.69) is 74.8 Å². The Labute approximate surface area is 195 Å². The smallest absolute Gasteiger partial charge is 0.194 e. The van der Waals surface area contributed by atoms with Crippen molar-refractivity contribution in [3.05, 3.63) is 72.1 Å². The number of hydrogen-bond donors (Lipinski definition) is 2. The standard InChI is InChI=1S/C23H28N6.HI/c1-2-24-23(29-12-11-20(16-29)13-18-7-4-3-5-8-18)25-15-19-9-6-10-21(14-19)22-26-17-27-28-22;/h3-10,14,17,20H,2,11-13,15-16H2,1H3,(H,24,25)(H,26,27,28);1H. The molecule has 30 heavy (non-hydrogen) atoms.